The summed E-state index contributed by atoms with van der Waals surface area (Å²) >= 11 is 0. The minimum atomic E-state index is -3.74. The number of carbonyl (C=O) groups is 1. The molecule has 0 amide bonds. The van der Waals surface area contributed by atoms with E-state index in [1.807, 2.05) is 6.92 Å². The number of nitrogens with one attached hydrogen (secondary N) is 1. The van der Waals surface area contributed by atoms with Crippen molar-refractivity contribution in [2.45, 2.75) is 31.1 Å². The predicted molar refractivity (Wildman–Crippen MR) is 77.7 cm³/mol. The van der Waals surface area contributed by atoms with Crippen LogP contribution in [0.2, 0.25) is 0 Å². The van der Waals surface area contributed by atoms with Crippen molar-refractivity contribution in [3.05, 3.63) is 18.0 Å². The molecule has 1 rings (SSSR count). The summed E-state index contributed by atoms with van der Waals surface area (Å²) in [7, 11) is -2.26. The van der Waals surface area contributed by atoms with Gasteiger partial charge >= 0.3 is 5.97 Å². The SMILES string of the molecule is CCCC(CCO)CNS(=O)(=O)c1cc(C(=O)O)n(C)c1. The molecule has 7 nitrogen and oxygen atoms in total. The molecule has 120 valence electrons. The summed E-state index contributed by atoms with van der Waals surface area (Å²) in [6.45, 7) is 2.24. The molecule has 0 saturated carbocycles. The molecule has 8 heteroatoms. The first-order chi connectivity index (χ1) is 9.81. The second-order valence-corrected chi connectivity index (χ2v) is 6.76. The number of nitrogens with zero attached hydrogens (tertiary/aromatic N) is 1. The monoisotopic (exact) mass is 318 g/mol. The number of aryl methyl sites for hydroxylation is 1. The van der Waals surface area contributed by atoms with E-state index in [2.05, 4.69) is 4.72 Å². The minimum absolute atomic E-state index is 0.0148. The number of aliphatic hydroxyl groups is 1. The number of aliphatic hydroxyl groups excluding tert-OH is 1. The maximum Gasteiger partial charge on any atom is 0.352 e. The molecule has 0 aliphatic heterocycles. The third-order valence-corrected chi connectivity index (χ3v) is 4.70. The molecule has 0 radical (unpaired) electrons. The molecule has 1 heterocycles. The van der Waals surface area contributed by atoms with Gasteiger partial charge in [-0.15, -0.1) is 0 Å². The lowest BCUT2D eigenvalue weighted by Gasteiger charge is -2.15. The number of carboxylic acids is 1. The van der Waals surface area contributed by atoms with Gasteiger partial charge in [-0.25, -0.2) is 17.9 Å². The van der Waals surface area contributed by atoms with Crippen LogP contribution in [0.5, 0.6) is 0 Å². The largest absolute Gasteiger partial charge is 0.477 e. The lowest BCUT2D eigenvalue weighted by molar-refractivity contribution is 0.0686. The number of hydrogen-bond acceptors (Lipinski definition) is 4. The molecule has 0 aliphatic rings. The molecule has 0 aromatic carbocycles. The van der Waals surface area contributed by atoms with Crippen molar-refractivity contribution in [1.29, 1.82) is 0 Å². The number of carboxylic acid groups (broad SMARTS) is 1. The summed E-state index contributed by atoms with van der Waals surface area (Å²) < 4.78 is 28.0. The van der Waals surface area contributed by atoms with E-state index in [0.29, 0.717) is 6.42 Å². The lowest BCUT2D eigenvalue weighted by Crippen LogP contribution is -2.29. The van der Waals surface area contributed by atoms with E-state index >= 15 is 0 Å². The van der Waals surface area contributed by atoms with Crippen molar-refractivity contribution >= 4 is 16.0 Å². The van der Waals surface area contributed by atoms with Gasteiger partial charge in [-0.3, -0.25) is 0 Å². The first-order valence-electron chi connectivity index (χ1n) is 6.82. The Morgan fingerprint density at radius 1 is 1.43 bits per heavy atom. The average molecular weight is 318 g/mol. The van der Waals surface area contributed by atoms with Crippen LogP contribution in [-0.2, 0) is 17.1 Å². The zero-order valence-corrected chi connectivity index (χ0v) is 13.1. The highest BCUT2D eigenvalue weighted by Gasteiger charge is 2.21. The van der Waals surface area contributed by atoms with E-state index in [1.165, 1.54) is 17.8 Å². The van der Waals surface area contributed by atoms with Crippen molar-refractivity contribution < 1.29 is 23.4 Å². The molecule has 0 saturated heterocycles. The Balaban J connectivity index is 2.81. The highest BCUT2D eigenvalue weighted by Crippen LogP contribution is 2.15. The van der Waals surface area contributed by atoms with Gasteiger partial charge in [-0.2, -0.15) is 0 Å². The van der Waals surface area contributed by atoms with Gasteiger partial charge < -0.3 is 14.8 Å². The van der Waals surface area contributed by atoms with Gasteiger partial charge in [0, 0.05) is 26.4 Å². The topological polar surface area (TPSA) is 109 Å². The summed E-state index contributed by atoms with van der Waals surface area (Å²) in [6.07, 6.45) is 3.53. The van der Waals surface area contributed by atoms with E-state index in [9.17, 15) is 13.2 Å². The Hall–Kier alpha value is -1.38. The normalized spacial score (nSPS) is 13.3. The lowest BCUT2D eigenvalue weighted by atomic mass is 10.0. The van der Waals surface area contributed by atoms with Crippen LogP contribution in [0.4, 0.5) is 0 Å². The zero-order chi connectivity index (χ0) is 16.0. The quantitative estimate of drug-likeness (QED) is 0.624. The van der Waals surface area contributed by atoms with Crippen LogP contribution in [0.15, 0.2) is 17.2 Å². The number of hydrogen-bond donors (Lipinski definition) is 3. The molecule has 1 aromatic heterocycles. The average Bonchev–Trinajstić information content (AvgIpc) is 2.80. The highest BCUT2D eigenvalue weighted by molar-refractivity contribution is 7.89. The fourth-order valence-corrected chi connectivity index (χ4v) is 3.33. The number of rotatable bonds is 9. The smallest absolute Gasteiger partial charge is 0.352 e. The fourth-order valence-electron chi connectivity index (χ4n) is 2.14. The van der Waals surface area contributed by atoms with E-state index in [-0.39, 0.29) is 29.7 Å². The summed E-state index contributed by atoms with van der Waals surface area (Å²) in [5.74, 6) is -1.11. The van der Waals surface area contributed by atoms with Crippen LogP contribution in [-0.4, -0.2) is 42.3 Å². The molecule has 1 aromatic rings. The predicted octanol–water partition coefficient (Wildman–Crippen LogP) is 0.800. The van der Waals surface area contributed by atoms with Gasteiger partial charge in [-0.1, -0.05) is 13.3 Å². The molecular weight excluding hydrogens is 296 g/mol. The molecule has 3 N–H and O–H groups in total. The highest BCUT2D eigenvalue weighted by atomic mass is 32.2. The van der Waals surface area contributed by atoms with E-state index < -0.39 is 16.0 Å². The van der Waals surface area contributed by atoms with Crippen LogP contribution in [0, 0.1) is 5.92 Å². The number of aromatic nitrogens is 1. The first kappa shape index (κ1) is 17.7. The number of sulfonamides is 1. The maximum atomic E-state index is 12.2. The summed E-state index contributed by atoms with van der Waals surface area (Å²) in [6, 6.07) is 1.13. The van der Waals surface area contributed by atoms with Crippen LogP contribution in [0.25, 0.3) is 0 Å². The van der Waals surface area contributed by atoms with Gasteiger partial charge in [0.1, 0.15) is 10.6 Å². The molecule has 0 aliphatic carbocycles. The van der Waals surface area contributed by atoms with E-state index in [1.54, 1.807) is 0 Å². The van der Waals surface area contributed by atoms with Crippen molar-refractivity contribution in [3.8, 4) is 0 Å². The second-order valence-electron chi connectivity index (χ2n) is 5.00. The Morgan fingerprint density at radius 3 is 2.57 bits per heavy atom. The van der Waals surface area contributed by atoms with Crippen molar-refractivity contribution in [2.75, 3.05) is 13.2 Å². The van der Waals surface area contributed by atoms with Crippen LogP contribution in [0.3, 0.4) is 0 Å². The Kier molecular flexibility index (Phi) is 6.38. The zero-order valence-electron chi connectivity index (χ0n) is 12.2. The first-order valence-corrected chi connectivity index (χ1v) is 8.30. The van der Waals surface area contributed by atoms with Crippen LogP contribution < -0.4 is 4.72 Å². The van der Waals surface area contributed by atoms with Gasteiger partial charge in [-0.05, 0) is 24.8 Å². The summed E-state index contributed by atoms with van der Waals surface area (Å²) in [4.78, 5) is 10.9. The van der Waals surface area contributed by atoms with Crippen molar-refractivity contribution in [2.24, 2.45) is 13.0 Å². The Bertz CT molecular complexity index is 573. The second kappa shape index (κ2) is 7.58. The summed E-state index contributed by atoms with van der Waals surface area (Å²) in [5.41, 5.74) is -0.0872. The fraction of sp³-hybridized carbons (Fsp3) is 0.615. The van der Waals surface area contributed by atoms with Gasteiger partial charge in [0.2, 0.25) is 10.0 Å². The Morgan fingerprint density at radius 2 is 2.10 bits per heavy atom. The maximum absolute atomic E-state index is 12.2. The molecule has 1 atom stereocenters. The van der Waals surface area contributed by atoms with Gasteiger partial charge in [0.05, 0.1) is 0 Å². The molecule has 0 bridgehead atoms. The van der Waals surface area contributed by atoms with Crippen molar-refractivity contribution in [1.82, 2.24) is 9.29 Å². The standard InChI is InChI=1S/C13H22N2O5S/c1-3-4-10(5-6-16)8-14-21(19,20)11-7-12(13(17)18)15(2)9-11/h7,9-10,14,16H,3-6,8H2,1-2H3,(H,17,18). The Labute approximate surface area is 124 Å². The van der Waals surface area contributed by atoms with E-state index in [0.717, 1.165) is 18.9 Å². The third kappa shape index (κ3) is 4.83. The molecule has 1 unspecified atom stereocenters. The van der Waals surface area contributed by atoms with E-state index in [4.69, 9.17) is 10.2 Å². The third-order valence-electron chi connectivity index (χ3n) is 3.31. The van der Waals surface area contributed by atoms with Gasteiger partial charge in [0.15, 0.2) is 0 Å². The van der Waals surface area contributed by atoms with Gasteiger partial charge in [0.25, 0.3) is 0 Å². The van der Waals surface area contributed by atoms with Crippen LogP contribution in [0.1, 0.15) is 36.7 Å². The molecule has 21 heavy (non-hydrogen) atoms. The molecule has 0 fully saturated rings. The minimum Gasteiger partial charge on any atom is -0.477 e. The molecule has 0 spiro atoms. The summed E-state index contributed by atoms with van der Waals surface area (Å²) in [5, 5.41) is 17.9. The van der Waals surface area contributed by atoms with Crippen molar-refractivity contribution in [3.63, 3.8) is 0 Å². The number of aromatic carboxylic acids is 1. The molecular formula is C13H22N2O5S. The van der Waals surface area contributed by atoms with Crippen LogP contribution >= 0.6 is 0 Å².